The zero-order chi connectivity index (χ0) is 28.2. The summed E-state index contributed by atoms with van der Waals surface area (Å²) in [6.45, 7) is 19.8. The average molecular weight is 527 g/mol. The van der Waals surface area contributed by atoms with E-state index in [9.17, 15) is 8.78 Å². The molecule has 0 amide bonds. The zero-order valence-electron chi connectivity index (χ0n) is 23.7. The SMILES string of the molecule is C=C(/C=C\C(=C/C)CNc1ccc(OCC(/C=C\C(=C)C(C)(F)F)=C/C)nn1)N1CC(CCC)(CCC)C1. The molecule has 1 aromatic rings. The van der Waals surface area contributed by atoms with Crippen LogP contribution in [0.1, 0.15) is 60.3 Å². The Kier molecular flexibility index (Phi) is 11.9. The van der Waals surface area contributed by atoms with Crippen molar-refractivity contribution < 1.29 is 13.5 Å². The minimum absolute atomic E-state index is 0.184. The summed E-state index contributed by atoms with van der Waals surface area (Å²) >= 11 is 0. The number of rotatable bonds is 16. The molecule has 0 radical (unpaired) electrons. The molecule has 0 bridgehead atoms. The number of hydrogen-bond acceptors (Lipinski definition) is 5. The Hall–Kier alpha value is -3.22. The fourth-order valence-corrected chi connectivity index (χ4v) is 4.46. The number of anilines is 1. The molecule has 1 aliphatic heterocycles. The van der Waals surface area contributed by atoms with E-state index >= 15 is 0 Å². The van der Waals surface area contributed by atoms with Crippen molar-refractivity contribution in [3.8, 4) is 5.88 Å². The van der Waals surface area contributed by atoms with Crippen LogP contribution in [0, 0.1) is 5.41 Å². The van der Waals surface area contributed by atoms with E-state index in [-0.39, 0.29) is 12.2 Å². The summed E-state index contributed by atoms with van der Waals surface area (Å²) < 4.78 is 32.2. The van der Waals surface area contributed by atoms with Crippen molar-refractivity contribution >= 4 is 5.82 Å². The molecule has 1 aliphatic rings. The smallest absolute Gasteiger partial charge is 0.269 e. The number of hydrogen-bond donors (Lipinski definition) is 1. The molecule has 0 saturated carbocycles. The third-order valence-corrected chi connectivity index (χ3v) is 6.81. The molecule has 0 atom stereocenters. The summed E-state index contributed by atoms with van der Waals surface area (Å²) in [7, 11) is 0. The van der Waals surface area contributed by atoms with Crippen LogP contribution >= 0.6 is 0 Å². The second-order valence-corrected chi connectivity index (χ2v) is 10.1. The van der Waals surface area contributed by atoms with E-state index in [4.69, 9.17) is 4.74 Å². The fraction of sp³-hybridized carbons (Fsp3) is 0.484. The highest BCUT2D eigenvalue weighted by Gasteiger charge is 2.41. The summed E-state index contributed by atoms with van der Waals surface area (Å²) in [6.07, 6.45) is 15.9. The molecule has 1 aromatic heterocycles. The van der Waals surface area contributed by atoms with E-state index < -0.39 is 5.92 Å². The molecule has 0 unspecified atom stereocenters. The van der Waals surface area contributed by atoms with Crippen LogP contribution in [0.25, 0.3) is 0 Å². The summed E-state index contributed by atoms with van der Waals surface area (Å²) in [5.74, 6) is -1.98. The molecular formula is C31H44F2N4O. The quantitative estimate of drug-likeness (QED) is 0.222. The summed E-state index contributed by atoms with van der Waals surface area (Å²) in [5, 5.41) is 11.6. The van der Waals surface area contributed by atoms with Crippen LogP contribution in [0.15, 0.2) is 84.2 Å². The van der Waals surface area contributed by atoms with Crippen molar-refractivity contribution in [3.05, 3.63) is 84.2 Å². The van der Waals surface area contributed by atoms with Crippen molar-refractivity contribution in [2.24, 2.45) is 5.41 Å². The lowest BCUT2D eigenvalue weighted by atomic mass is 9.72. The van der Waals surface area contributed by atoms with Crippen molar-refractivity contribution in [2.45, 2.75) is 66.2 Å². The average Bonchev–Trinajstić information content (AvgIpc) is 2.87. The van der Waals surface area contributed by atoms with E-state index in [2.05, 4.69) is 65.6 Å². The van der Waals surface area contributed by atoms with E-state index in [1.54, 1.807) is 24.3 Å². The first-order chi connectivity index (χ1) is 18.1. The normalized spacial score (nSPS) is 16.1. The maximum atomic E-state index is 13.3. The molecule has 0 aromatic carbocycles. The first-order valence-corrected chi connectivity index (χ1v) is 13.4. The van der Waals surface area contributed by atoms with Crippen LogP contribution < -0.4 is 10.1 Å². The Balaban J connectivity index is 1.81. The maximum absolute atomic E-state index is 13.3. The van der Waals surface area contributed by atoms with Gasteiger partial charge in [0.1, 0.15) is 12.4 Å². The summed E-state index contributed by atoms with van der Waals surface area (Å²) in [6, 6.07) is 3.52. The van der Waals surface area contributed by atoms with Gasteiger partial charge in [0.15, 0.2) is 0 Å². The number of allylic oxidation sites excluding steroid dienone is 5. The van der Waals surface area contributed by atoms with Gasteiger partial charge in [-0.15, -0.1) is 10.2 Å². The van der Waals surface area contributed by atoms with Gasteiger partial charge in [-0.05, 0) is 50.0 Å². The molecule has 0 aliphatic carbocycles. The van der Waals surface area contributed by atoms with Crippen LogP contribution in [0.3, 0.4) is 0 Å². The van der Waals surface area contributed by atoms with Gasteiger partial charge in [-0.2, -0.15) is 0 Å². The largest absolute Gasteiger partial charge is 0.472 e. The van der Waals surface area contributed by atoms with Crippen molar-refractivity contribution in [3.63, 3.8) is 0 Å². The number of likely N-dealkylation sites (tertiary alicyclic amines) is 1. The highest BCUT2D eigenvalue weighted by Crippen LogP contribution is 2.41. The van der Waals surface area contributed by atoms with Gasteiger partial charge >= 0.3 is 0 Å². The van der Waals surface area contributed by atoms with Crippen LogP contribution in [0.4, 0.5) is 14.6 Å². The zero-order valence-corrected chi connectivity index (χ0v) is 23.7. The third-order valence-electron chi connectivity index (χ3n) is 6.81. The minimum atomic E-state index is -2.95. The minimum Gasteiger partial charge on any atom is -0.472 e. The second kappa shape index (κ2) is 14.6. The predicted molar refractivity (Wildman–Crippen MR) is 155 cm³/mol. The molecule has 208 valence electrons. The molecule has 38 heavy (non-hydrogen) atoms. The Morgan fingerprint density at radius 3 is 2.18 bits per heavy atom. The third kappa shape index (κ3) is 9.58. The van der Waals surface area contributed by atoms with Gasteiger partial charge in [-0.3, -0.25) is 0 Å². The lowest BCUT2D eigenvalue weighted by Crippen LogP contribution is -2.55. The van der Waals surface area contributed by atoms with E-state index in [1.165, 1.54) is 31.8 Å². The number of nitrogens with one attached hydrogen (secondary N) is 1. The van der Waals surface area contributed by atoms with Crippen molar-refractivity contribution in [1.82, 2.24) is 15.1 Å². The molecule has 0 spiro atoms. The molecule has 7 heteroatoms. The number of aromatic nitrogens is 2. The predicted octanol–water partition coefficient (Wildman–Crippen LogP) is 7.90. The van der Waals surface area contributed by atoms with E-state index in [1.807, 2.05) is 13.8 Å². The molecule has 1 N–H and O–H groups in total. The van der Waals surface area contributed by atoms with Gasteiger partial charge in [0.05, 0.1) is 0 Å². The van der Waals surface area contributed by atoms with E-state index in [0.717, 1.165) is 36.9 Å². The fourth-order valence-electron chi connectivity index (χ4n) is 4.46. The van der Waals surface area contributed by atoms with Crippen LogP contribution in [-0.4, -0.2) is 47.3 Å². The highest BCUT2D eigenvalue weighted by molar-refractivity contribution is 5.39. The molecule has 5 nitrogen and oxygen atoms in total. The van der Waals surface area contributed by atoms with E-state index in [0.29, 0.717) is 23.7 Å². The standard InChI is InChI=1S/C31H44F2N4O/c1-8-18-31(19-9-2)22-37(23-31)25(6)13-15-26(10-3)20-34-28-16-17-29(36-35-28)38-21-27(11-4)14-12-24(5)30(7,32)33/h10-17H,5-6,8-9,18-23H2,1-4,7H3,(H,34,35)/b14-12-,15-13-,26-10+,27-11+. The van der Waals surface area contributed by atoms with Gasteiger partial charge in [0.2, 0.25) is 5.88 Å². The van der Waals surface area contributed by atoms with Crippen molar-refractivity contribution in [2.75, 3.05) is 31.6 Å². The maximum Gasteiger partial charge on any atom is 0.269 e. The monoisotopic (exact) mass is 526 g/mol. The molecular weight excluding hydrogens is 482 g/mol. The highest BCUT2D eigenvalue weighted by atomic mass is 19.3. The molecule has 2 heterocycles. The molecule has 1 saturated heterocycles. The summed E-state index contributed by atoms with van der Waals surface area (Å²) in [4.78, 5) is 2.37. The number of halogens is 2. The number of nitrogens with zero attached hydrogens (tertiary/aromatic N) is 3. The Labute approximate surface area is 227 Å². The van der Waals surface area contributed by atoms with Crippen LogP contribution in [-0.2, 0) is 0 Å². The Bertz CT molecular complexity index is 1030. The van der Waals surface area contributed by atoms with Gasteiger partial charge in [-0.1, -0.05) is 70.2 Å². The topological polar surface area (TPSA) is 50.3 Å². The lowest BCUT2D eigenvalue weighted by molar-refractivity contribution is 0.0152. The van der Waals surface area contributed by atoms with Crippen LogP contribution in [0.2, 0.25) is 0 Å². The van der Waals surface area contributed by atoms with Gasteiger partial charge in [-0.25, -0.2) is 8.78 Å². The first kappa shape index (κ1) is 31.0. The Morgan fingerprint density at radius 2 is 1.66 bits per heavy atom. The van der Waals surface area contributed by atoms with Crippen LogP contribution in [0.5, 0.6) is 5.88 Å². The lowest BCUT2D eigenvalue weighted by Gasteiger charge is -2.52. The van der Waals surface area contributed by atoms with Crippen molar-refractivity contribution in [1.29, 1.82) is 0 Å². The van der Waals surface area contributed by atoms with Gasteiger partial charge in [0.25, 0.3) is 5.92 Å². The number of ether oxygens (including phenoxy) is 1. The molecule has 2 rings (SSSR count). The first-order valence-electron chi connectivity index (χ1n) is 13.4. The second-order valence-electron chi connectivity index (χ2n) is 10.1. The van der Waals surface area contributed by atoms with Gasteiger partial charge in [0, 0.05) is 49.3 Å². The Morgan fingerprint density at radius 1 is 1.03 bits per heavy atom. The van der Waals surface area contributed by atoms with Gasteiger partial charge < -0.3 is 15.0 Å². The summed E-state index contributed by atoms with van der Waals surface area (Å²) in [5.41, 5.74) is 3.10. The molecule has 1 fully saturated rings. The number of alkyl halides is 2.